The first-order valence-corrected chi connectivity index (χ1v) is 8.15. The van der Waals surface area contributed by atoms with Crippen LogP contribution in [0.2, 0.25) is 0 Å². The average molecular weight is 289 g/mol. The minimum Gasteiger partial charge on any atom is -0.358 e. The molecule has 0 bridgehead atoms. The van der Waals surface area contributed by atoms with Gasteiger partial charge in [-0.2, -0.15) is 0 Å². The third-order valence-corrected chi connectivity index (χ3v) is 5.20. The van der Waals surface area contributed by atoms with E-state index in [-0.39, 0.29) is 5.41 Å². The first kappa shape index (κ1) is 13.6. The van der Waals surface area contributed by atoms with Crippen molar-refractivity contribution >= 4 is 10.9 Å². The Kier molecular flexibility index (Phi) is 2.78. The van der Waals surface area contributed by atoms with Crippen molar-refractivity contribution in [1.29, 1.82) is 0 Å². The summed E-state index contributed by atoms with van der Waals surface area (Å²) < 4.78 is 0. The predicted molar refractivity (Wildman–Crippen MR) is 93.7 cm³/mol. The number of aryl methyl sites for hydroxylation is 2. The molecule has 112 valence electrons. The molecular weight excluding hydrogens is 266 g/mol. The van der Waals surface area contributed by atoms with Gasteiger partial charge >= 0.3 is 0 Å². The van der Waals surface area contributed by atoms with Gasteiger partial charge < -0.3 is 4.98 Å². The Morgan fingerprint density at radius 3 is 2.36 bits per heavy atom. The quantitative estimate of drug-likeness (QED) is 0.600. The van der Waals surface area contributed by atoms with Crippen molar-refractivity contribution in [2.24, 2.45) is 0 Å². The summed E-state index contributed by atoms with van der Waals surface area (Å²) in [5, 5.41) is 1.41. The number of hydrogen-bond acceptors (Lipinski definition) is 0. The van der Waals surface area contributed by atoms with Gasteiger partial charge in [0.1, 0.15) is 0 Å². The third-order valence-electron chi connectivity index (χ3n) is 5.20. The number of fused-ring (bicyclic) bond motifs is 3. The molecule has 1 nitrogen and oxygen atoms in total. The van der Waals surface area contributed by atoms with Gasteiger partial charge in [0, 0.05) is 22.5 Å². The Morgan fingerprint density at radius 1 is 0.955 bits per heavy atom. The van der Waals surface area contributed by atoms with Gasteiger partial charge in [0.2, 0.25) is 0 Å². The molecule has 0 amide bonds. The lowest BCUT2D eigenvalue weighted by atomic mass is 9.83. The maximum Gasteiger partial charge on any atom is 0.0459 e. The van der Waals surface area contributed by atoms with E-state index in [0.29, 0.717) is 5.92 Å². The molecule has 2 aromatic carbocycles. The molecule has 0 saturated heterocycles. The number of aromatic nitrogens is 1. The zero-order valence-corrected chi connectivity index (χ0v) is 13.8. The van der Waals surface area contributed by atoms with Gasteiger partial charge in [0.25, 0.3) is 0 Å². The van der Waals surface area contributed by atoms with E-state index < -0.39 is 0 Å². The highest BCUT2D eigenvalue weighted by Crippen LogP contribution is 2.51. The van der Waals surface area contributed by atoms with Crippen LogP contribution in [-0.4, -0.2) is 4.98 Å². The molecule has 0 radical (unpaired) electrons. The van der Waals surface area contributed by atoms with E-state index in [2.05, 4.69) is 75.1 Å². The van der Waals surface area contributed by atoms with Crippen LogP contribution < -0.4 is 0 Å². The van der Waals surface area contributed by atoms with Crippen LogP contribution in [0.5, 0.6) is 0 Å². The van der Waals surface area contributed by atoms with E-state index >= 15 is 0 Å². The van der Waals surface area contributed by atoms with E-state index in [4.69, 9.17) is 0 Å². The van der Waals surface area contributed by atoms with Crippen LogP contribution in [0.25, 0.3) is 10.9 Å². The maximum absolute atomic E-state index is 3.72. The molecule has 0 saturated carbocycles. The van der Waals surface area contributed by atoms with E-state index in [1.54, 1.807) is 0 Å². The van der Waals surface area contributed by atoms with Gasteiger partial charge in [-0.3, -0.25) is 0 Å². The topological polar surface area (TPSA) is 15.8 Å². The number of H-pyrrole nitrogens is 1. The van der Waals surface area contributed by atoms with Gasteiger partial charge in [-0.1, -0.05) is 55.3 Å². The number of nitrogens with one attached hydrogen (secondary N) is 1. The minimum atomic E-state index is 0.219. The average Bonchev–Trinajstić information content (AvgIpc) is 2.96. The molecular formula is C21H23N. The Hall–Kier alpha value is -2.02. The monoisotopic (exact) mass is 289 g/mol. The molecule has 1 aliphatic carbocycles. The Morgan fingerprint density at radius 2 is 1.64 bits per heavy atom. The zero-order chi connectivity index (χ0) is 15.5. The van der Waals surface area contributed by atoms with Gasteiger partial charge in [0.15, 0.2) is 0 Å². The summed E-state index contributed by atoms with van der Waals surface area (Å²) in [6, 6.07) is 15.8. The lowest BCUT2D eigenvalue weighted by molar-refractivity contribution is 0.501. The molecule has 1 atom stereocenters. The largest absolute Gasteiger partial charge is 0.358 e. The minimum absolute atomic E-state index is 0.219. The van der Waals surface area contributed by atoms with E-state index in [1.807, 2.05) is 0 Å². The summed E-state index contributed by atoms with van der Waals surface area (Å²) in [7, 11) is 0. The SMILES string of the molecule is Cc1ccc(C2CC(C)(C)c3c2[nH]c2ccc(C)cc32)cc1. The van der Waals surface area contributed by atoms with Gasteiger partial charge in [0.05, 0.1) is 0 Å². The fourth-order valence-electron chi connectivity index (χ4n) is 4.11. The van der Waals surface area contributed by atoms with Crippen molar-refractivity contribution in [2.45, 2.75) is 45.4 Å². The lowest BCUT2D eigenvalue weighted by Gasteiger charge is -2.20. The predicted octanol–water partition coefficient (Wildman–Crippen LogP) is 5.60. The summed E-state index contributed by atoms with van der Waals surface area (Å²) in [5.74, 6) is 0.485. The summed E-state index contributed by atoms with van der Waals surface area (Å²) in [6.07, 6.45) is 1.18. The molecule has 1 heteroatoms. The molecule has 1 N–H and O–H groups in total. The molecule has 0 aliphatic heterocycles. The van der Waals surface area contributed by atoms with Crippen molar-refractivity contribution in [1.82, 2.24) is 4.98 Å². The number of hydrogen-bond donors (Lipinski definition) is 1. The molecule has 3 aromatic rings. The second-order valence-corrected chi connectivity index (χ2v) is 7.51. The van der Waals surface area contributed by atoms with Crippen LogP contribution >= 0.6 is 0 Å². The molecule has 1 aromatic heterocycles. The summed E-state index contributed by atoms with van der Waals surface area (Å²) in [5.41, 5.74) is 8.54. The van der Waals surface area contributed by atoms with Crippen molar-refractivity contribution in [3.8, 4) is 0 Å². The summed E-state index contributed by atoms with van der Waals surface area (Å²) >= 11 is 0. The second kappa shape index (κ2) is 4.49. The van der Waals surface area contributed by atoms with Crippen molar-refractivity contribution in [2.75, 3.05) is 0 Å². The van der Waals surface area contributed by atoms with E-state index in [1.165, 1.54) is 45.3 Å². The number of benzene rings is 2. The van der Waals surface area contributed by atoms with Gasteiger partial charge in [-0.05, 0) is 48.9 Å². The molecule has 22 heavy (non-hydrogen) atoms. The fraction of sp³-hybridized carbons (Fsp3) is 0.333. The van der Waals surface area contributed by atoms with Crippen LogP contribution in [0.15, 0.2) is 42.5 Å². The van der Waals surface area contributed by atoms with Crippen LogP contribution in [0.1, 0.15) is 54.1 Å². The highest BCUT2D eigenvalue weighted by atomic mass is 14.8. The van der Waals surface area contributed by atoms with Crippen LogP contribution in [0, 0.1) is 13.8 Å². The third kappa shape index (κ3) is 1.92. The molecule has 0 spiro atoms. The highest BCUT2D eigenvalue weighted by molar-refractivity contribution is 5.87. The second-order valence-electron chi connectivity index (χ2n) is 7.51. The van der Waals surface area contributed by atoms with E-state index in [0.717, 1.165) is 0 Å². The van der Waals surface area contributed by atoms with Gasteiger partial charge in [-0.25, -0.2) is 0 Å². The van der Waals surface area contributed by atoms with E-state index in [9.17, 15) is 0 Å². The smallest absolute Gasteiger partial charge is 0.0459 e. The summed E-state index contributed by atoms with van der Waals surface area (Å²) in [6.45, 7) is 9.10. The molecule has 0 fully saturated rings. The van der Waals surface area contributed by atoms with Crippen LogP contribution in [-0.2, 0) is 5.41 Å². The molecule has 1 heterocycles. The first-order valence-electron chi connectivity index (χ1n) is 8.15. The van der Waals surface area contributed by atoms with Crippen LogP contribution in [0.4, 0.5) is 0 Å². The molecule has 1 aliphatic rings. The van der Waals surface area contributed by atoms with Crippen molar-refractivity contribution in [3.63, 3.8) is 0 Å². The van der Waals surface area contributed by atoms with Crippen molar-refractivity contribution in [3.05, 3.63) is 70.4 Å². The van der Waals surface area contributed by atoms with Crippen molar-refractivity contribution < 1.29 is 0 Å². The lowest BCUT2D eigenvalue weighted by Crippen LogP contribution is -2.12. The Balaban J connectivity index is 1.94. The maximum atomic E-state index is 3.72. The normalized spacial score (nSPS) is 19.5. The Labute approximate surface area is 132 Å². The zero-order valence-electron chi connectivity index (χ0n) is 13.8. The molecule has 4 rings (SSSR count). The highest BCUT2D eigenvalue weighted by Gasteiger charge is 2.40. The standard InChI is InChI=1S/C21H23N/c1-13-5-8-15(9-6-13)17-12-21(3,4)19-16-11-14(2)7-10-18(16)22-20(17)19/h5-11,17,22H,12H2,1-4H3. The first-order chi connectivity index (χ1) is 10.5. The fourth-order valence-corrected chi connectivity index (χ4v) is 4.11. The number of rotatable bonds is 1. The number of aromatic amines is 1. The Bertz CT molecular complexity index is 849. The van der Waals surface area contributed by atoms with Gasteiger partial charge in [-0.15, -0.1) is 0 Å². The summed E-state index contributed by atoms with van der Waals surface area (Å²) in [4.78, 5) is 3.72. The van der Waals surface area contributed by atoms with Crippen LogP contribution in [0.3, 0.4) is 0 Å². The molecule has 1 unspecified atom stereocenters.